The topological polar surface area (TPSA) is 38.3 Å². The second-order valence-corrected chi connectivity index (χ2v) is 10.1. The summed E-state index contributed by atoms with van der Waals surface area (Å²) in [5.74, 6) is 1.43. The Morgan fingerprint density at radius 3 is 2.52 bits per heavy atom. The van der Waals surface area contributed by atoms with E-state index in [4.69, 9.17) is 16.3 Å². The minimum absolute atomic E-state index is 0.0746. The van der Waals surface area contributed by atoms with Crippen LogP contribution in [0.5, 0.6) is 0 Å². The van der Waals surface area contributed by atoms with Gasteiger partial charge in [-0.3, -0.25) is 4.79 Å². The maximum atomic E-state index is 11.2. The smallest absolute Gasteiger partial charge is 0.207 e. The minimum Gasteiger partial charge on any atom is -0.368 e. The van der Waals surface area contributed by atoms with E-state index in [0.29, 0.717) is 17.8 Å². The molecular weight excluding hydrogens is 334 g/mol. The molecule has 3 rings (SSSR count). The number of halogens is 1. The van der Waals surface area contributed by atoms with E-state index in [1.54, 1.807) is 0 Å². The monoisotopic (exact) mass is 367 g/mol. The molecule has 0 aromatic heterocycles. The molecule has 1 heterocycles. The van der Waals surface area contributed by atoms with Crippen LogP contribution in [0.2, 0.25) is 0 Å². The number of ether oxygens (including phenoxy) is 1. The Morgan fingerprint density at radius 2 is 1.88 bits per heavy atom. The number of hydrogen-bond acceptors (Lipinski definition) is 2. The molecule has 0 radical (unpaired) electrons. The number of rotatable bonds is 3. The summed E-state index contributed by atoms with van der Waals surface area (Å²) in [6, 6.07) is 0. The molecule has 1 aliphatic heterocycles. The summed E-state index contributed by atoms with van der Waals surface area (Å²) in [6.07, 6.45) is 9.79. The second-order valence-electron chi connectivity index (χ2n) is 9.58. The Bertz CT molecular complexity index is 560. The van der Waals surface area contributed by atoms with Gasteiger partial charge in [0, 0.05) is 5.54 Å². The zero-order valence-corrected chi connectivity index (χ0v) is 17.2. The van der Waals surface area contributed by atoms with Gasteiger partial charge < -0.3 is 10.1 Å². The van der Waals surface area contributed by atoms with Crippen LogP contribution in [-0.4, -0.2) is 28.5 Å². The van der Waals surface area contributed by atoms with Crippen molar-refractivity contribution >= 4 is 18.0 Å². The molecule has 2 aliphatic carbocycles. The molecule has 1 saturated carbocycles. The zero-order valence-electron chi connectivity index (χ0n) is 16.4. The van der Waals surface area contributed by atoms with Gasteiger partial charge in [-0.25, -0.2) is 0 Å². The third-order valence-electron chi connectivity index (χ3n) is 7.37. The van der Waals surface area contributed by atoms with Crippen molar-refractivity contribution < 1.29 is 9.53 Å². The first-order valence-corrected chi connectivity index (χ1v) is 10.3. The van der Waals surface area contributed by atoms with Gasteiger partial charge in [0.2, 0.25) is 6.41 Å². The van der Waals surface area contributed by atoms with Crippen molar-refractivity contribution in [2.75, 3.05) is 0 Å². The zero-order chi connectivity index (χ0) is 18.5. The van der Waals surface area contributed by atoms with Gasteiger partial charge >= 0.3 is 0 Å². The Labute approximate surface area is 157 Å². The summed E-state index contributed by atoms with van der Waals surface area (Å²) in [4.78, 5) is 11.2. The summed E-state index contributed by atoms with van der Waals surface area (Å²) < 4.78 is 6.67. The van der Waals surface area contributed by atoms with E-state index >= 15 is 0 Å². The van der Waals surface area contributed by atoms with Crippen LogP contribution in [-0.2, 0) is 9.53 Å². The maximum Gasteiger partial charge on any atom is 0.207 e. The summed E-state index contributed by atoms with van der Waals surface area (Å²) in [7, 11) is 0. The number of hydrogen-bond donors (Lipinski definition) is 1. The Kier molecular flexibility index (Phi) is 5.05. The SMILES string of the molecule is CC1=CC2C(CC1)C(C)(NC=O)CCC2C1(C)CCC(Cl)C(C)(C)O1. The van der Waals surface area contributed by atoms with Crippen molar-refractivity contribution in [2.45, 2.75) is 95.3 Å². The highest BCUT2D eigenvalue weighted by atomic mass is 35.5. The van der Waals surface area contributed by atoms with Crippen LogP contribution >= 0.6 is 11.6 Å². The number of alkyl halides is 1. The van der Waals surface area contributed by atoms with Crippen LogP contribution in [0.25, 0.3) is 0 Å². The largest absolute Gasteiger partial charge is 0.368 e. The molecular formula is C21H34ClNO2. The molecule has 142 valence electrons. The second kappa shape index (κ2) is 6.56. The molecule has 1 saturated heterocycles. The van der Waals surface area contributed by atoms with Crippen LogP contribution in [0.1, 0.15) is 73.1 Å². The van der Waals surface area contributed by atoms with E-state index in [9.17, 15) is 4.79 Å². The molecule has 1 N–H and O–H groups in total. The summed E-state index contributed by atoms with van der Waals surface area (Å²) in [6.45, 7) is 11.0. The minimum atomic E-state index is -0.292. The lowest BCUT2D eigenvalue weighted by atomic mass is 9.55. The molecule has 3 nitrogen and oxygen atoms in total. The first-order valence-electron chi connectivity index (χ1n) is 9.84. The summed E-state index contributed by atoms with van der Waals surface area (Å²) >= 11 is 6.54. The third-order valence-corrected chi connectivity index (χ3v) is 8.11. The molecule has 1 amide bonds. The van der Waals surface area contributed by atoms with Crippen molar-refractivity contribution in [1.82, 2.24) is 5.32 Å². The number of carbonyl (C=O) groups is 1. The Balaban J connectivity index is 1.92. The van der Waals surface area contributed by atoms with Gasteiger partial charge in [0.05, 0.1) is 16.6 Å². The average molecular weight is 368 g/mol. The van der Waals surface area contributed by atoms with Gasteiger partial charge in [0.1, 0.15) is 0 Å². The van der Waals surface area contributed by atoms with Crippen molar-refractivity contribution in [2.24, 2.45) is 17.8 Å². The lowest BCUT2D eigenvalue weighted by Gasteiger charge is -2.58. The van der Waals surface area contributed by atoms with Gasteiger partial charge in [0.25, 0.3) is 0 Å². The molecule has 4 heteroatoms. The molecule has 25 heavy (non-hydrogen) atoms. The molecule has 6 unspecified atom stereocenters. The average Bonchev–Trinajstić information content (AvgIpc) is 2.51. The number of allylic oxidation sites excluding steroid dienone is 2. The van der Waals surface area contributed by atoms with Crippen molar-refractivity contribution in [3.63, 3.8) is 0 Å². The van der Waals surface area contributed by atoms with Gasteiger partial charge in [-0.1, -0.05) is 11.6 Å². The fourth-order valence-corrected chi connectivity index (χ4v) is 5.99. The highest BCUT2D eigenvalue weighted by Gasteiger charge is 2.55. The highest BCUT2D eigenvalue weighted by Crippen LogP contribution is 2.54. The van der Waals surface area contributed by atoms with E-state index in [-0.39, 0.29) is 22.1 Å². The van der Waals surface area contributed by atoms with Crippen molar-refractivity contribution in [3.05, 3.63) is 11.6 Å². The van der Waals surface area contributed by atoms with Crippen LogP contribution in [0.4, 0.5) is 0 Å². The van der Waals surface area contributed by atoms with Crippen LogP contribution in [0.15, 0.2) is 11.6 Å². The fraction of sp³-hybridized carbons (Fsp3) is 0.857. The van der Waals surface area contributed by atoms with Gasteiger partial charge in [0.15, 0.2) is 0 Å². The predicted octanol–water partition coefficient (Wildman–Crippen LogP) is 4.83. The van der Waals surface area contributed by atoms with Crippen molar-refractivity contribution in [3.8, 4) is 0 Å². The molecule has 6 atom stereocenters. The van der Waals surface area contributed by atoms with Crippen LogP contribution in [0.3, 0.4) is 0 Å². The van der Waals surface area contributed by atoms with Crippen LogP contribution < -0.4 is 5.32 Å². The number of nitrogens with one attached hydrogen (secondary N) is 1. The van der Waals surface area contributed by atoms with Gasteiger partial charge in [-0.15, -0.1) is 11.6 Å². The summed E-state index contributed by atoms with van der Waals surface area (Å²) in [5, 5.41) is 3.24. The van der Waals surface area contributed by atoms with Crippen molar-refractivity contribution in [1.29, 1.82) is 0 Å². The maximum absolute atomic E-state index is 11.2. The van der Waals surface area contributed by atoms with E-state index in [2.05, 4.69) is 46.0 Å². The van der Waals surface area contributed by atoms with E-state index in [0.717, 1.165) is 44.9 Å². The number of carbonyl (C=O) groups excluding carboxylic acids is 1. The highest BCUT2D eigenvalue weighted by molar-refractivity contribution is 6.21. The lowest BCUT2D eigenvalue weighted by molar-refractivity contribution is -0.205. The third kappa shape index (κ3) is 3.39. The standard InChI is InChI=1S/C21H34ClNO2/c1-14-6-7-16-15(12-14)17(8-10-20(16,4)23-13-24)21(5)11-9-18(22)19(2,3)25-21/h12-13,15-18H,6-11H2,1-5H3,(H,23,24). The fourth-order valence-electron chi connectivity index (χ4n) is 5.84. The molecule has 3 aliphatic rings. The quantitative estimate of drug-likeness (QED) is 0.440. The molecule has 2 fully saturated rings. The molecule has 0 aromatic rings. The number of amides is 1. The van der Waals surface area contributed by atoms with E-state index < -0.39 is 0 Å². The first kappa shape index (κ1) is 19.2. The predicted molar refractivity (Wildman–Crippen MR) is 103 cm³/mol. The Hall–Kier alpha value is -0.540. The molecule has 0 bridgehead atoms. The Morgan fingerprint density at radius 1 is 1.16 bits per heavy atom. The van der Waals surface area contributed by atoms with Crippen LogP contribution in [0, 0.1) is 17.8 Å². The number of fused-ring (bicyclic) bond motifs is 1. The normalized spacial score (nSPS) is 46.7. The summed E-state index contributed by atoms with van der Waals surface area (Å²) in [5.41, 5.74) is 0.944. The lowest BCUT2D eigenvalue weighted by Crippen LogP contribution is -2.61. The first-order chi connectivity index (χ1) is 11.6. The van der Waals surface area contributed by atoms with Gasteiger partial charge in [-0.05, 0) is 90.9 Å². The van der Waals surface area contributed by atoms with Gasteiger partial charge in [-0.2, -0.15) is 0 Å². The molecule has 0 spiro atoms. The van der Waals surface area contributed by atoms with E-state index in [1.165, 1.54) is 5.57 Å². The molecule has 0 aromatic carbocycles. The van der Waals surface area contributed by atoms with E-state index in [1.807, 2.05) is 0 Å².